The molecule has 0 bridgehead atoms. The molecule has 1 fully saturated rings. The molecule has 1 aliphatic heterocycles. The van der Waals surface area contributed by atoms with E-state index in [2.05, 4.69) is 0 Å². The molecule has 1 aromatic rings. The first-order valence-electron chi connectivity index (χ1n) is 6.22. The molecule has 102 valence electrons. The van der Waals surface area contributed by atoms with Gasteiger partial charge in [-0.05, 0) is 12.5 Å². The van der Waals surface area contributed by atoms with Crippen LogP contribution in [0.25, 0.3) is 0 Å². The zero-order valence-corrected chi connectivity index (χ0v) is 10.8. The van der Waals surface area contributed by atoms with Crippen LogP contribution < -0.4 is 0 Å². The normalized spacial score (nSPS) is 22.3. The molecule has 0 spiro atoms. The van der Waals surface area contributed by atoms with Crippen molar-refractivity contribution in [2.45, 2.75) is 19.6 Å². The van der Waals surface area contributed by atoms with Crippen LogP contribution in [0.4, 0.5) is 4.79 Å². The summed E-state index contributed by atoms with van der Waals surface area (Å²) in [6, 6.07) is 9.36. The Bertz CT molecular complexity index is 460. The molecular weight excluding hydrogens is 246 g/mol. The third kappa shape index (κ3) is 3.32. The van der Waals surface area contributed by atoms with E-state index < -0.39 is 18.1 Å². The quantitative estimate of drug-likeness (QED) is 0.890. The summed E-state index contributed by atoms with van der Waals surface area (Å²) in [6.45, 7) is 1.99. The smallest absolute Gasteiger partial charge is 0.410 e. The van der Waals surface area contributed by atoms with E-state index in [9.17, 15) is 14.7 Å². The molecule has 0 saturated carbocycles. The first kappa shape index (κ1) is 13.5. The highest BCUT2D eigenvalue weighted by Gasteiger charge is 2.37. The van der Waals surface area contributed by atoms with Gasteiger partial charge in [-0.15, -0.1) is 0 Å². The van der Waals surface area contributed by atoms with Gasteiger partial charge < -0.3 is 14.7 Å². The summed E-state index contributed by atoms with van der Waals surface area (Å²) in [6.07, 6.45) is -1.28. The SMILES string of the molecule is CC(=O)C1CN(C(=O)OCc2ccccc2)CC1O. The average molecular weight is 263 g/mol. The first-order chi connectivity index (χ1) is 9.08. The van der Waals surface area contributed by atoms with E-state index in [0.717, 1.165) is 5.56 Å². The van der Waals surface area contributed by atoms with Crippen LogP contribution in [0, 0.1) is 5.92 Å². The second-order valence-corrected chi connectivity index (χ2v) is 4.73. The van der Waals surface area contributed by atoms with Crippen molar-refractivity contribution in [2.24, 2.45) is 5.92 Å². The van der Waals surface area contributed by atoms with Crippen molar-refractivity contribution in [3.63, 3.8) is 0 Å². The van der Waals surface area contributed by atoms with Crippen LogP contribution in [0.3, 0.4) is 0 Å². The van der Waals surface area contributed by atoms with Gasteiger partial charge >= 0.3 is 6.09 Å². The predicted octanol–water partition coefficient (Wildman–Crippen LogP) is 1.20. The second kappa shape index (κ2) is 5.84. The zero-order valence-electron chi connectivity index (χ0n) is 10.8. The molecule has 19 heavy (non-hydrogen) atoms. The number of aliphatic hydroxyl groups is 1. The van der Waals surface area contributed by atoms with Crippen LogP contribution in [-0.2, 0) is 16.1 Å². The molecule has 1 aromatic carbocycles. The van der Waals surface area contributed by atoms with Gasteiger partial charge in [-0.1, -0.05) is 30.3 Å². The van der Waals surface area contributed by atoms with Crippen molar-refractivity contribution in [2.75, 3.05) is 13.1 Å². The third-order valence-electron chi connectivity index (χ3n) is 3.27. The number of nitrogens with zero attached hydrogens (tertiary/aromatic N) is 1. The lowest BCUT2D eigenvalue weighted by Gasteiger charge is -2.15. The summed E-state index contributed by atoms with van der Waals surface area (Å²) in [5, 5.41) is 9.69. The number of carbonyl (C=O) groups is 2. The fourth-order valence-electron chi connectivity index (χ4n) is 2.15. The van der Waals surface area contributed by atoms with Crippen LogP contribution in [0.1, 0.15) is 12.5 Å². The molecule has 0 aromatic heterocycles. The maximum absolute atomic E-state index is 11.8. The van der Waals surface area contributed by atoms with Crippen LogP contribution >= 0.6 is 0 Å². The van der Waals surface area contributed by atoms with Crippen molar-refractivity contribution in [1.29, 1.82) is 0 Å². The summed E-state index contributed by atoms with van der Waals surface area (Å²) < 4.78 is 5.15. The van der Waals surface area contributed by atoms with Crippen molar-refractivity contribution in [3.05, 3.63) is 35.9 Å². The van der Waals surface area contributed by atoms with E-state index in [1.165, 1.54) is 11.8 Å². The molecule has 5 heteroatoms. The number of ether oxygens (including phenoxy) is 1. The predicted molar refractivity (Wildman–Crippen MR) is 68.4 cm³/mol. The topological polar surface area (TPSA) is 66.8 Å². The summed E-state index contributed by atoms with van der Waals surface area (Å²) in [5.74, 6) is -0.602. The van der Waals surface area contributed by atoms with E-state index in [1.807, 2.05) is 30.3 Å². The summed E-state index contributed by atoms with van der Waals surface area (Å²) in [4.78, 5) is 24.5. The van der Waals surface area contributed by atoms with Crippen molar-refractivity contribution >= 4 is 11.9 Å². The number of ketones is 1. The number of likely N-dealkylation sites (tertiary alicyclic amines) is 1. The van der Waals surface area contributed by atoms with Gasteiger partial charge in [-0.3, -0.25) is 4.79 Å². The molecule has 2 atom stereocenters. The third-order valence-corrected chi connectivity index (χ3v) is 3.27. The highest BCUT2D eigenvalue weighted by atomic mass is 16.6. The number of rotatable bonds is 3. The summed E-state index contributed by atoms with van der Waals surface area (Å²) in [5.41, 5.74) is 0.902. The van der Waals surface area contributed by atoms with Gasteiger partial charge in [0.25, 0.3) is 0 Å². The molecule has 2 unspecified atom stereocenters. The van der Waals surface area contributed by atoms with Crippen molar-refractivity contribution < 1.29 is 19.4 Å². The molecule has 1 amide bonds. The van der Waals surface area contributed by atoms with E-state index in [4.69, 9.17) is 4.74 Å². The van der Waals surface area contributed by atoms with E-state index >= 15 is 0 Å². The Balaban J connectivity index is 1.86. The monoisotopic (exact) mass is 263 g/mol. The van der Waals surface area contributed by atoms with Gasteiger partial charge in [0, 0.05) is 6.54 Å². The number of aliphatic hydroxyl groups excluding tert-OH is 1. The lowest BCUT2D eigenvalue weighted by atomic mass is 10.0. The number of carbonyl (C=O) groups excluding carboxylic acids is 2. The molecule has 1 saturated heterocycles. The molecule has 5 nitrogen and oxygen atoms in total. The maximum atomic E-state index is 11.8. The maximum Gasteiger partial charge on any atom is 0.410 e. The van der Waals surface area contributed by atoms with Gasteiger partial charge in [-0.25, -0.2) is 4.79 Å². The molecule has 1 N–H and O–H groups in total. The van der Waals surface area contributed by atoms with E-state index in [-0.39, 0.29) is 25.5 Å². The Morgan fingerprint density at radius 2 is 2.00 bits per heavy atom. The average Bonchev–Trinajstić information content (AvgIpc) is 2.79. The Hall–Kier alpha value is -1.88. The first-order valence-corrected chi connectivity index (χ1v) is 6.22. The van der Waals surface area contributed by atoms with Gasteiger partial charge in [0.2, 0.25) is 0 Å². The number of amides is 1. The summed E-state index contributed by atoms with van der Waals surface area (Å²) >= 11 is 0. The van der Waals surface area contributed by atoms with Crippen LogP contribution in [0.5, 0.6) is 0 Å². The second-order valence-electron chi connectivity index (χ2n) is 4.73. The minimum Gasteiger partial charge on any atom is -0.445 e. The highest BCUT2D eigenvalue weighted by Crippen LogP contribution is 2.19. The van der Waals surface area contributed by atoms with Gasteiger partial charge in [0.05, 0.1) is 18.6 Å². The Morgan fingerprint density at radius 1 is 1.32 bits per heavy atom. The minimum absolute atomic E-state index is 0.106. The fraction of sp³-hybridized carbons (Fsp3) is 0.429. The fourth-order valence-corrected chi connectivity index (χ4v) is 2.15. The molecule has 1 heterocycles. The minimum atomic E-state index is -0.790. The van der Waals surface area contributed by atoms with E-state index in [0.29, 0.717) is 0 Å². The largest absolute Gasteiger partial charge is 0.445 e. The number of hydrogen-bond acceptors (Lipinski definition) is 4. The lowest BCUT2D eigenvalue weighted by molar-refractivity contribution is -0.122. The zero-order chi connectivity index (χ0) is 13.8. The Morgan fingerprint density at radius 3 is 2.58 bits per heavy atom. The number of hydrogen-bond donors (Lipinski definition) is 1. The van der Waals surface area contributed by atoms with Crippen LogP contribution in [-0.4, -0.2) is 41.1 Å². The summed E-state index contributed by atoms with van der Waals surface area (Å²) in [7, 11) is 0. The van der Waals surface area contributed by atoms with Gasteiger partial charge in [-0.2, -0.15) is 0 Å². The molecule has 2 rings (SSSR count). The molecule has 0 radical (unpaired) electrons. The highest BCUT2D eigenvalue weighted by molar-refractivity contribution is 5.81. The van der Waals surface area contributed by atoms with Gasteiger partial charge in [0.15, 0.2) is 0 Å². The van der Waals surface area contributed by atoms with Crippen LogP contribution in [0.15, 0.2) is 30.3 Å². The number of benzene rings is 1. The standard InChI is InChI=1S/C14H17NO4/c1-10(16)12-7-15(8-13(12)17)14(18)19-9-11-5-3-2-4-6-11/h2-6,12-13,17H,7-9H2,1H3. The van der Waals surface area contributed by atoms with Gasteiger partial charge in [0.1, 0.15) is 12.4 Å². The molecule has 0 aliphatic carbocycles. The molecular formula is C14H17NO4. The van der Waals surface area contributed by atoms with Crippen LogP contribution in [0.2, 0.25) is 0 Å². The number of β-amino-alcohol motifs (C(OH)–C–C–N with tert-alkyl or cyclic N) is 1. The lowest BCUT2D eigenvalue weighted by Crippen LogP contribution is -2.30. The number of Topliss-reactive ketones (excluding diaryl/α,β-unsaturated/α-hetero) is 1. The molecule has 1 aliphatic rings. The Labute approximate surface area is 111 Å². The Kier molecular flexibility index (Phi) is 4.16. The van der Waals surface area contributed by atoms with E-state index in [1.54, 1.807) is 0 Å². The van der Waals surface area contributed by atoms with Crippen molar-refractivity contribution in [1.82, 2.24) is 4.90 Å². The van der Waals surface area contributed by atoms with Crippen molar-refractivity contribution in [3.8, 4) is 0 Å².